The molecule has 4 aliphatic rings. The van der Waals surface area contributed by atoms with E-state index in [2.05, 4.69) is 235 Å². The Bertz CT molecular complexity index is 3710. The molecule has 1 atom stereocenters. The molecule has 0 saturated carbocycles. The first-order valence-corrected chi connectivity index (χ1v) is 24.8. The minimum Gasteiger partial charge on any atom is -0.309 e. The molecule has 9 aromatic carbocycles. The minimum absolute atomic E-state index is 0.0147. The fraction of sp³-hybridized carbons (Fsp3) is 0.169. The highest BCUT2D eigenvalue weighted by Crippen LogP contribution is 2.65. The van der Waals surface area contributed by atoms with Crippen LogP contribution in [0.3, 0.4) is 0 Å². The summed E-state index contributed by atoms with van der Waals surface area (Å²) >= 11 is 1.98. The minimum atomic E-state index is -0.415. The van der Waals surface area contributed by atoms with Gasteiger partial charge in [0.25, 0.3) is 0 Å². The molecule has 0 bridgehead atoms. The molecule has 0 saturated heterocycles. The second-order valence-corrected chi connectivity index (χ2v) is 22.6. The van der Waals surface area contributed by atoms with Crippen molar-refractivity contribution in [2.45, 2.75) is 70.1 Å². The van der Waals surface area contributed by atoms with Crippen molar-refractivity contribution in [1.29, 1.82) is 0 Å². The zero-order valence-corrected chi connectivity index (χ0v) is 40.0. The lowest BCUT2D eigenvalue weighted by atomic mass is 9.69. The molecular weight excluding hydrogens is 827 g/mol. The van der Waals surface area contributed by atoms with Crippen LogP contribution in [0.25, 0.3) is 64.7 Å². The molecule has 1 spiro atoms. The van der Waals surface area contributed by atoms with E-state index >= 15 is 0 Å². The van der Waals surface area contributed by atoms with Gasteiger partial charge in [0.15, 0.2) is 0 Å². The fourth-order valence-electron chi connectivity index (χ4n) is 13.2. The largest absolute Gasteiger partial charge is 0.309 e. The van der Waals surface area contributed by atoms with Crippen LogP contribution in [-0.2, 0) is 21.7 Å². The molecule has 67 heavy (non-hydrogen) atoms. The van der Waals surface area contributed by atoms with E-state index in [0.717, 1.165) is 0 Å². The van der Waals surface area contributed by atoms with E-state index in [-0.39, 0.29) is 16.2 Å². The number of hydrogen-bond acceptors (Lipinski definition) is 2. The van der Waals surface area contributed by atoms with Crippen LogP contribution in [0.1, 0.15) is 98.5 Å². The van der Waals surface area contributed by atoms with E-state index in [1.54, 1.807) is 0 Å². The third-order valence-electron chi connectivity index (χ3n) is 16.5. The summed E-state index contributed by atoms with van der Waals surface area (Å²) in [4.78, 5) is 2.57. The SMILES string of the molecule is CC(C)(C)c1ccc2c(c1)C1(c3ccccc3-2)c2ccccc2-c2c1ccc1c2sc2c(N(c3ccc4c(c3)C(C)(C)c3ccccc3-4)c3ccc4c(c3)C(C)(C)c3ccccc3-4)cccc21. The van der Waals surface area contributed by atoms with Crippen LogP contribution in [0.5, 0.6) is 0 Å². The van der Waals surface area contributed by atoms with Gasteiger partial charge in [0.1, 0.15) is 0 Å². The van der Waals surface area contributed by atoms with Crippen molar-refractivity contribution < 1.29 is 0 Å². The third-order valence-corrected chi connectivity index (χ3v) is 17.7. The summed E-state index contributed by atoms with van der Waals surface area (Å²) in [7, 11) is 0. The molecule has 1 aromatic heterocycles. The molecule has 0 amide bonds. The van der Waals surface area contributed by atoms with Crippen molar-refractivity contribution in [3.63, 3.8) is 0 Å². The van der Waals surface area contributed by atoms with Gasteiger partial charge in [0.05, 0.1) is 15.8 Å². The zero-order chi connectivity index (χ0) is 45.4. The number of hydrogen-bond donors (Lipinski definition) is 0. The summed E-state index contributed by atoms with van der Waals surface area (Å²) in [6, 6.07) is 70.2. The topological polar surface area (TPSA) is 3.24 Å². The number of benzene rings is 9. The smallest absolute Gasteiger partial charge is 0.0726 e. The Morgan fingerprint density at radius 1 is 0.373 bits per heavy atom. The summed E-state index contributed by atoms with van der Waals surface area (Å²) in [5.74, 6) is 0. The standard InChI is InChI=1S/C65H51NS/c1-62(2,3)38-27-30-46-43-19-10-14-24-52(43)65(57(46)35-38)53-25-15-11-20-49(53)59-54(65)34-33-48-47-21-16-26-58(60(47)67-61(48)59)66(39-28-31-44-41-17-8-12-22-50(41)63(4,5)55(44)36-39)40-29-32-45-42-18-9-13-23-51(42)64(6,7)56(45)37-40/h8-37H,1-7H3. The van der Waals surface area contributed by atoms with Crippen LogP contribution in [-0.4, -0.2) is 0 Å². The molecular formula is C65H51NS. The molecule has 4 aliphatic carbocycles. The van der Waals surface area contributed by atoms with E-state index in [1.165, 1.54) is 132 Å². The molecule has 1 unspecified atom stereocenters. The van der Waals surface area contributed by atoms with Crippen molar-refractivity contribution in [3.05, 3.63) is 232 Å². The number of nitrogens with zero attached hydrogens (tertiary/aromatic N) is 1. The zero-order valence-electron chi connectivity index (χ0n) is 39.2. The van der Waals surface area contributed by atoms with Crippen molar-refractivity contribution in [1.82, 2.24) is 0 Å². The molecule has 0 fully saturated rings. The highest BCUT2D eigenvalue weighted by molar-refractivity contribution is 7.27. The van der Waals surface area contributed by atoms with Crippen LogP contribution < -0.4 is 4.90 Å². The van der Waals surface area contributed by atoms with Crippen LogP contribution in [0.2, 0.25) is 0 Å². The van der Waals surface area contributed by atoms with E-state index in [4.69, 9.17) is 0 Å². The molecule has 0 N–H and O–H groups in total. The van der Waals surface area contributed by atoms with Gasteiger partial charge in [-0.1, -0.05) is 200 Å². The Balaban J connectivity index is 1.03. The molecule has 0 aliphatic heterocycles. The normalized spacial score (nSPS) is 17.2. The molecule has 322 valence electrons. The summed E-state index contributed by atoms with van der Waals surface area (Å²) in [5.41, 5.74) is 26.2. The van der Waals surface area contributed by atoms with Gasteiger partial charge in [-0.2, -0.15) is 0 Å². The molecule has 14 rings (SSSR count). The van der Waals surface area contributed by atoms with Crippen LogP contribution in [0, 0.1) is 0 Å². The van der Waals surface area contributed by atoms with Crippen LogP contribution >= 0.6 is 11.3 Å². The molecule has 2 heteroatoms. The van der Waals surface area contributed by atoms with Gasteiger partial charge in [0.2, 0.25) is 0 Å². The van der Waals surface area contributed by atoms with Crippen molar-refractivity contribution in [2.75, 3.05) is 4.90 Å². The van der Waals surface area contributed by atoms with Gasteiger partial charge in [-0.25, -0.2) is 0 Å². The Hall–Kier alpha value is -7.00. The van der Waals surface area contributed by atoms with Gasteiger partial charge >= 0.3 is 0 Å². The molecule has 10 aromatic rings. The summed E-state index contributed by atoms with van der Waals surface area (Å²) in [6.45, 7) is 16.6. The summed E-state index contributed by atoms with van der Waals surface area (Å²) < 4.78 is 2.66. The van der Waals surface area contributed by atoms with Crippen molar-refractivity contribution in [2.24, 2.45) is 0 Å². The molecule has 0 radical (unpaired) electrons. The average Bonchev–Trinajstić information content (AvgIpc) is 4.08. The van der Waals surface area contributed by atoms with Gasteiger partial charge in [-0.05, 0) is 125 Å². The Labute approximate surface area is 398 Å². The highest BCUT2D eigenvalue weighted by atomic mass is 32.1. The number of anilines is 3. The Morgan fingerprint density at radius 3 is 1.45 bits per heavy atom. The molecule has 1 heterocycles. The number of thiophene rings is 1. The van der Waals surface area contributed by atoms with Crippen LogP contribution in [0.4, 0.5) is 17.1 Å². The quantitative estimate of drug-likeness (QED) is 0.171. The Morgan fingerprint density at radius 2 is 0.851 bits per heavy atom. The predicted octanol–water partition coefficient (Wildman–Crippen LogP) is 17.8. The van der Waals surface area contributed by atoms with Crippen molar-refractivity contribution >= 4 is 48.6 Å². The lowest BCUT2D eigenvalue weighted by Gasteiger charge is -2.31. The number of fused-ring (bicyclic) bond motifs is 20. The Kier molecular flexibility index (Phi) is 7.67. The van der Waals surface area contributed by atoms with E-state index in [1.807, 2.05) is 11.3 Å². The summed E-state index contributed by atoms with van der Waals surface area (Å²) in [5, 5.41) is 2.62. The maximum Gasteiger partial charge on any atom is 0.0726 e. The first-order chi connectivity index (χ1) is 32.4. The second-order valence-electron chi connectivity index (χ2n) is 21.6. The van der Waals surface area contributed by atoms with E-state index < -0.39 is 5.41 Å². The fourth-order valence-corrected chi connectivity index (χ4v) is 14.6. The maximum absolute atomic E-state index is 2.57. The third kappa shape index (κ3) is 4.94. The number of rotatable bonds is 3. The lowest BCUT2D eigenvalue weighted by Crippen LogP contribution is -2.26. The second kappa shape index (κ2) is 13.1. The van der Waals surface area contributed by atoms with E-state index in [0.29, 0.717) is 0 Å². The van der Waals surface area contributed by atoms with Crippen molar-refractivity contribution in [3.8, 4) is 44.5 Å². The molecule has 1 nitrogen and oxygen atoms in total. The lowest BCUT2D eigenvalue weighted by molar-refractivity contribution is 0.588. The average molecular weight is 878 g/mol. The summed E-state index contributed by atoms with van der Waals surface area (Å²) in [6.07, 6.45) is 0. The monoisotopic (exact) mass is 877 g/mol. The van der Waals surface area contributed by atoms with E-state index in [9.17, 15) is 0 Å². The maximum atomic E-state index is 2.57. The van der Waals surface area contributed by atoms with Crippen LogP contribution in [0.15, 0.2) is 182 Å². The van der Waals surface area contributed by atoms with Gasteiger partial charge in [-0.3, -0.25) is 0 Å². The van der Waals surface area contributed by atoms with Gasteiger partial charge < -0.3 is 4.90 Å². The van der Waals surface area contributed by atoms with Gasteiger partial charge in [-0.15, -0.1) is 11.3 Å². The first-order valence-electron chi connectivity index (χ1n) is 24.0. The first kappa shape index (κ1) is 39.2. The predicted molar refractivity (Wildman–Crippen MR) is 284 cm³/mol. The van der Waals surface area contributed by atoms with Gasteiger partial charge in [0, 0.05) is 43.2 Å². The highest BCUT2D eigenvalue weighted by Gasteiger charge is 2.52.